The predicted octanol–water partition coefficient (Wildman–Crippen LogP) is 2.31. The lowest BCUT2D eigenvalue weighted by molar-refractivity contribution is -0.143. The number of nitrogens with zero attached hydrogens (tertiary/aromatic N) is 3. The van der Waals surface area contributed by atoms with Crippen molar-refractivity contribution in [2.45, 2.75) is 38.5 Å². The Balaban J connectivity index is 1.54. The van der Waals surface area contributed by atoms with E-state index in [4.69, 9.17) is 0 Å². The summed E-state index contributed by atoms with van der Waals surface area (Å²) in [5, 5.41) is 5.32. The van der Waals surface area contributed by atoms with Crippen molar-refractivity contribution in [2.75, 3.05) is 32.7 Å². The maximum absolute atomic E-state index is 13.4. The average Bonchev–Trinajstić information content (AvgIpc) is 3.45. The number of halogens is 1. The average molecular weight is 445 g/mol. The minimum atomic E-state index is -0.417. The molecule has 166 valence electrons. The van der Waals surface area contributed by atoms with Gasteiger partial charge in [0.05, 0.1) is 0 Å². The van der Waals surface area contributed by atoms with Gasteiger partial charge in [-0.15, -0.1) is 11.3 Å². The molecule has 2 aliphatic rings. The number of thiophene rings is 1. The molecule has 0 aliphatic carbocycles. The summed E-state index contributed by atoms with van der Waals surface area (Å²) in [5.41, 5.74) is 1.02. The summed E-state index contributed by atoms with van der Waals surface area (Å²) >= 11 is 1.70. The van der Waals surface area contributed by atoms with Crippen molar-refractivity contribution in [3.05, 3.63) is 58.0 Å². The van der Waals surface area contributed by atoms with E-state index in [0.29, 0.717) is 32.6 Å². The molecule has 31 heavy (non-hydrogen) atoms. The van der Waals surface area contributed by atoms with Gasteiger partial charge >= 0.3 is 0 Å². The van der Waals surface area contributed by atoms with Gasteiger partial charge in [0.25, 0.3) is 0 Å². The van der Waals surface area contributed by atoms with Gasteiger partial charge in [0.15, 0.2) is 0 Å². The molecule has 2 atom stereocenters. The van der Waals surface area contributed by atoms with Crippen LogP contribution in [0.2, 0.25) is 0 Å². The highest BCUT2D eigenvalue weighted by Crippen LogP contribution is 2.28. The molecule has 1 N–H and O–H groups in total. The quantitative estimate of drug-likeness (QED) is 0.743. The second-order valence-electron chi connectivity index (χ2n) is 8.26. The highest BCUT2D eigenvalue weighted by molar-refractivity contribution is 7.09. The van der Waals surface area contributed by atoms with Crippen LogP contribution in [0.5, 0.6) is 0 Å². The first kappa shape index (κ1) is 21.9. The first-order chi connectivity index (χ1) is 15.0. The zero-order valence-electron chi connectivity index (χ0n) is 17.8. The van der Waals surface area contributed by atoms with Crippen LogP contribution in [0, 0.1) is 5.82 Å². The van der Waals surface area contributed by atoms with Gasteiger partial charge in [0, 0.05) is 63.7 Å². The Kier molecular flexibility index (Phi) is 6.99. The van der Waals surface area contributed by atoms with Crippen molar-refractivity contribution in [2.24, 2.45) is 0 Å². The first-order valence-corrected chi connectivity index (χ1v) is 11.7. The Morgan fingerprint density at radius 3 is 2.55 bits per heavy atom. The summed E-state index contributed by atoms with van der Waals surface area (Å²) in [7, 11) is 0. The van der Waals surface area contributed by atoms with Crippen molar-refractivity contribution in [1.82, 2.24) is 20.0 Å². The highest BCUT2D eigenvalue weighted by Gasteiger charge is 2.42. The van der Waals surface area contributed by atoms with Crippen molar-refractivity contribution in [3.63, 3.8) is 0 Å². The molecule has 1 aromatic heterocycles. The van der Waals surface area contributed by atoms with Gasteiger partial charge in [-0.1, -0.05) is 18.2 Å². The van der Waals surface area contributed by atoms with E-state index in [-0.39, 0.29) is 23.7 Å². The van der Waals surface area contributed by atoms with E-state index < -0.39 is 6.04 Å². The lowest BCUT2D eigenvalue weighted by Gasteiger charge is -2.32. The molecule has 2 aromatic rings. The van der Waals surface area contributed by atoms with E-state index >= 15 is 0 Å². The van der Waals surface area contributed by atoms with Crippen molar-refractivity contribution >= 4 is 23.2 Å². The van der Waals surface area contributed by atoms with Crippen LogP contribution in [0.25, 0.3) is 0 Å². The molecule has 3 heterocycles. The third kappa shape index (κ3) is 5.31. The Labute approximate surface area is 186 Å². The van der Waals surface area contributed by atoms with Crippen LogP contribution in [-0.4, -0.2) is 71.3 Å². The van der Waals surface area contributed by atoms with E-state index in [2.05, 4.69) is 21.7 Å². The van der Waals surface area contributed by atoms with Gasteiger partial charge in [-0.25, -0.2) is 4.39 Å². The number of hydrogen-bond donors (Lipinski definition) is 1. The molecule has 0 spiro atoms. The fraction of sp³-hybridized carbons (Fsp3) is 0.478. The van der Waals surface area contributed by atoms with E-state index in [9.17, 15) is 14.0 Å². The Morgan fingerprint density at radius 1 is 1.16 bits per heavy atom. The van der Waals surface area contributed by atoms with Crippen molar-refractivity contribution in [3.8, 4) is 0 Å². The summed E-state index contributed by atoms with van der Waals surface area (Å²) in [6.07, 6.45) is 0.620. The monoisotopic (exact) mass is 444 g/mol. The lowest BCUT2D eigenvalue weighted by Crippen LogP contribution is -2.53. The second kappa shape index (κ2) is 9.89. The van der Waals surface area contributed by atoms with Gasteiger partial charge in [-0.05, 0) is 35.6 Å². The fourth-order valence-corrected chi connectivity index (χ4v) is 5.23. The Bertz CT molecular complexity index is 883. The largest absolute Gasteiger partial charge is 0.338 e. The number of nitrogens with one attached hydrogen (secondary N) is 1. The van der Waals surface area contributed by atoms with E-state index in [1.807, 2.05) is 11.0 Å². The molecule has 0 radical (unpaired) electrons. The summed E-state index contributed by atoms with van der Waals surface area (Å²) < 4.78 is 13.4. The summed E-state index contributed by atoms with van der Waals surface area (Å²) in [4.78, 5) is 32.8. The molecular formula is C23H29FN4O2S. The minimum absolute atomic E-state index is 0.0528. The number of carbonyl (C=O) groups is 2. The van der Waals surface area contributed by atoms with E-state index in [0.717, 1.165) is 25.2 Å². The number of likely N-dealkylation sites (tertiary alicyclic amines) is 1. The molecule has 4 rings (SSSR count). The van der Waals surface area contributed by atoms with Gasteiger partial charge in [0.1, 0.15) is 11.9 Å². The molecule has 2 fully saturated rings. The number of rotatable bonds is 6. The van der Waals surface area contributed by atoms with Gasteiger partial charge in [-0.3, -0.25) is 14.5 Å². The van der Waals surface area contributed by atoms with Gasteiger partial charge in [0.2, 0.25) is 11.8 Å². The normalized spacial score (nSPS) is 21.6. The summed E-state index contributed by atoms with van der Waals surface area (Å²) in [6.45, 7) is 6.39. The van der Waals surface area contributed by atoms with Crippen LogP contribution < -0.4 is 5.32 Å². The number of amides is 2. The zero-order chi connectivity index (χ0) is 21.8. The van der Waals surface area contributed by atoms with Crippen LogP contribution in [0.4, 0.5) is 4.39 Å². The zero-order valence-corrected chi connectivity index (χ0v) is 18.6. The minimum Gasteiger partial charge on any atom is -0.338 e. The van der Waals surface area contributed by atoms with E-state index in [1.54, 1.807) is 35.3 Å². The molecule has 8 heteroatoms. The third-order valence-electron chi connectivity index (χ3n) is 6.15. The smallest absolute Gasteiger partial charge is 0.245 e. The highest BCUT2D eigenvalue weighted by atomic mass is 32.1. The molecule has 2 unspecified atom stereocenters. The van der Waals surface area contributed by atoms with Gasteiger partial charge < -0.3 is 15.1 Å². The predicted molar refractivity (Wildman–Crippen MR) is 119 cm³/mol. The molecule has 0 saturated carbocycles. The molecular weight excluding hydrogens is 415 g/mol. The Hall–Kier alpha value is -2.29. The van der Waals surface area contributed by atoms with Crippen LogP contribution in [0.15, 0.2) is 41.8 Å². The fourth-order valence-electron chi connectivity index (χ4n) is 4.50. The summed E-state index contributed by atoms with van der Waals surface area (Å²) in [6, 6.07) is 10.3. The number of carbonyl (C=O) groups excluding carboxylic acids is 2. The number of benzene rings is 1. The number of hydrogen-bond acceptors (Lipinski definition) is 5. The molecule has 2 aliphatic heterocycles. The third-order valence-corrected chi connectivity index (χ3v) is 7.01. The maximum atomic E-state index is 13.4. The molecule has 0 bridgehead atoms. The van der Waals surface area contributed by atoms with Crippen LogP contribution in [-0.2, 0) is 22.7 Å². The topological polar surface area (TPSA) is 55.9 Å². The molecule has 1 aromatic carbocycles. The van der Waals surface area contributed by atoms with Crippen LogP contribution in [0.1, 0.15) is 23.8 Å². The Morgan fingerprint density at radius 2 is 1.90 bits per heavy atom. The SMILES string of the molecule is CC(=O)N1CC(N(Cc2ccc(F)cc2)Cc2cccs2)CC1C(=O)N1CCNCC1. The standard InChI is InChI=1S/C23H29FN4O2S/c1-17(29)28-15-20(13-22(28)23(30)26-10-8-25-9-11-26)27(16-21-3-2-12-31-21)14-18-4-6-19(24)7-5-18/h2-7,12,20,22,25H,8-11,13-16H2,1H3. The van der Waals surface area contributed by atoms with Gasteiger partial charge in [-0.2, -0.15) is 0 Å². The maximum Gasteiger partial charge on any atom is 0.245 e. The molecule has 2 saturated heterocycles. The molecule has 6 nitrogen and oxygen atoms in total. The van der Waals surface area contributed by atoms with E-state index in [1.165, 1.54) is 17.0 Å². The van der Waals surface area contributed by atoms with Crippen molar-refractivity contribution in [1.29, 1.82) is 0 Å². The lowest BCUT2D eigenvalue weighted by atomic mass is 10.1. The van der Waals surface area contributed by atoms with Crippen LogP contribution in [0.3, 0.4) is 0 Å². The second-order valence-corrected chi connectivity index (χ2v) is 9.30. The molecule has 2 amide bonds. The summed E-state index contributed by atoms with van der Waals surface area (Å²) in [5.74, 6) is -0.259. The van der Waals surface area contributed by atoms with Crippen LogP contribution >= 0.6 is 11.3 Å². The number of piperazine rings is 1. The first-order valence-electron chi connectivity index (χ1n) is 10.8. The van der Waals surface area contributed by atoms with Crippen molar-refractivity contribution < 1.29 is 14.0 Å².